The summed E-state index contributed by atoms with van der Waals surface area (Å²) in [7, 11) is 1.87. The molecular formula is C22H23N3O2. The van der Waals surface area contributed by atoms with Gasteiger partial charge in [0.1, 0.15) is 18.2 Å². The number of carbonyl (C=O) groups is 1. The average molecular weight is 361 g/mol. The van der Waals surface area contributed by atoms with Gasteiger partial charge in [0.05, 0.1) is 0 Å². The summed E-state index contributed by atoms with van der Waals surface area (Å²) in [6.45, 7) is 2.17. The summed E-state index contributed by atoms with van der Waals surface area (Å²) >= 11 is 0. The molecule has 0 N–H and O–H groups in total. The minimum Gasteiger partial charge on any atom is -0.489 e. The molecule has 1 fully saturated rings. The van der Waals surface area contributed by atoms with E-state index in [2.05, 4.69) is 21.7 Å². The topological polar surface area (TPSA) is 47.4 Å². The fourth-order valence-corrected chi connectivity index (χ4v) is 3.51. The number of imidazole rings is 1. The molecule has 0 saturated carbocycles. The van der Waals surface area contributed by atoms with Crippen molar-refractivity contribution in [3.8, 4) is 17.1 Å². The molecule has 1 amide bonds. The zero-order chi connectivity index (χ0) is 18.6. The van der Waals surface area contributed by atoms with Gasteiger partial charge in [0.15, 0.2) is 0 Å². The maximum atomic E-state index is 11.8. The highest BCUT2D eigenvalue weighted by Gasteiger charge is 2.27. The number of carbonyl (C=O) groups excluding carboxylic acids is 1. The van der Waals surface area contributed by atoms with Crippen molar-refractivity contribution < 1.29 is 9.53 Å². The van der Waals surface area contributed by atoms with Gasteiger partial charge in [-0.1, -0.05) is 30.3 Å². The van der Waals surface area contributed by atoms with Gasteiger partial charge >= 0.3 is 0 Å². The van der Waals surface area contributed by atoms with Crippen molar-refractivity contribution in [2.45, 2.75) is 19.6 Å². The number of benzene rings is 2. The van der Waals surface area contributed by atoms with Crippen molar-refractivity contribution in [3.05, 3.63) is 72.6 Å². The van der Waals surface area contributed by atoms with Crippen LogP contribution < -0.4 is 4.74 Å². The van der Waals surface area contributed by atoms with Gasteiger partial charge in [-0.3, -0.25) is 4.79 Å². The van der Waals surface area contributed by atoms with E-state index in [1.165, 1.54) is 0 Å². The minimum atomic E-state index is 0.224. The Kier molecular flexibility index (Phi) is 4.92. The third-order valence-electron chi connectivity index (χ3n) is 4.95. The maximum absolute atomic E-state index is 11.8. The lowest BCUT2D eigenvalue weighted by atomic mass is 10.1. The first-order valence-corrected chi connectivity index (χ1v) is 9.21. The van der Waals surface area contributed by atoms with Gasteiger partial charge in [0.25, 0.3) is 0 Å². The molecule has 5 nitrogen and oxygen atoms in total. The monoisotopic (exact) mass is 361 g/mol. The first-order valence-electron chi connectivity index (χ1n) is 9.21. The molecule has 2 aromatic carbocycles. The number of ether oxygens (including phenoxy) is 1. The summed E-state index contributed by atoms with van der Waals surface area (Å²) in [4.78, 5) is 18.1. The van der Waals surface area contributed by atoms with Crippen LogP contribution in [0.25, 0.3) is 11.4 Å². The summed E-state index contributed by atoms with van der Waals surface area (Å²) in [6, 6.07) is 18.1. The Labute approximate surface area is 159 Å². The zero-order valence-corrected chi connectivity index (χ0v) is 15.4. The molecule has 5 heteroatoms. The quantitative estimate of drug-likeness (QED) is 0.674. The number of amides is 1. The van der Waals surface area contributed by atoms with Crippen molar-refractivity contribution in [2.24, 2.45) is 5.92 Å². The Hall–Kier alpha value is -3.08. The van der Waals surface area contributed by atoms with Crippen LogP contribution in [0, 0.1) is 5.92 Å². The van der Waals surface area contributed by atoms with E-state index in [0.29, 0.717) is 18.9 Å². The van der Waals surface area contributed by atoms with Crippen LogP contribution in [0.1, 0.15) is 12.0 Å². The van der Waals surface area contributed by atoms with Gasteiger partial charge in [-0.25, -0.2) is 4.98 Å². The van der Waals surface area contributed by atoms with Crippen LogP contribution in [0.4, 0.5) is 0 Å². The Balaban J connectivity index is 1.42. The van der Waals surface area contributed by atoms with Gasteiger partial charge in [-0.2, -0.15) is 0 Å². The molecule has 0 radical (unpaired) electrons. The molecule has 3 aromatic rings. The van der Waals surface area contributed by atoms with E-state index < -0.39 is 0 Å². The maximum Gasteiger partial charge on any atom is 0.222 e. The van der Waals surface area contributed by atoms with Crippen LogP contribution in [0.2, 0.25) is 0 Å². The molecule has 27 heavy (non-hydrogen) atoms. The standard InChI is InChI=1S/C22H23N3O2/c1-24-14-18(13-21(24)26)15-25-12-11-23-22(25)19-7-9-20(10-8-19)27-16-17-5-3-2-4-6-17/h2-12,18H,13-16H2,1H3. The SMILES string of the molecule is CN1CC(Cn2ccnc2-c2ccc(OCc3ccccc3)cc2)CC1=O. The molecule has 1 aliphatic rings. The van der Waals surface area contributed by atoms with Crippen LogP contribution in [0.15, 0.2) is 67.0 Å². The fourth-order valence-electron chi connectivity index (χ4n) is 3.51. The van der Waals surface area contributed by atoms with Crippen LogP contribution in [-0.2, 0) is 17.9 Å². The lowest BCUT2D eigenvalue weighted by Gasteiger charge is -2.13. The molecule has 0 aliphatic carbocycles. The zero-order valence-electron chi connectivity index (χ0n) is 15.4. The molecule has 1 saturated heterocycles. The second-order valence-electron chi connectivity index (χ2n) is 7.05. The minimum absolute atomic E-state index is 0.224. The Morgan fingerprint density at radius 2 is 1.89 bits per heavy atom. The Bertz CT molecular complexity index is 903. The van der Waals surface area contributed by atoms with Crippen molar-refractivity contribution in [2.75, 3.05) is 13.6 Å². The number of hydrogen-bond acceptors (Lipinski definition) is 3. The van der Waals surface area contributed by atoms with Crippen LogP contribution in [0.5, 0.6) is 5.75 Å². The largest absolute Gasteiger partial charge is 0.489 e. The molecule has 1 unspecified atom stereocenters. The highest BCUT2D eigenvalue weighted by molar-refractivity contribution is 5.78. The molecule has 1 aliphatic heterocycles. The molecule has 1 atom stereocenters. The van der Waals surface area contributed by atoms with E-state index in [-0.39, 0.29) is 5.91 Å². The summed E-state index contributed by atoms with van der Waals surface area (Å²) in [6.07, 6.45) is 4.41. The average Bonchev–Trinajstić information content (AvgIpc) is 3.28. The van der Waals surface area contributed by atoms with E-state index in [0.717, 1.165) is 35.8 Å². The van der Waals surface area contributed by atoms with Crippen molar-refractivity contribution in [1.29, 1.82) is 0 Å². The summed E-state index contributed by atoms with van der Waals surface area (Å²) in [5, 5.41) is 0. The number of nitrogens with zero attached hydrogens (tertiary/aromatic N) is 3. The highest BCUT2D eigenvalue weighted by atomic mass is 16.5. The molecule has 1 aromatic heterocycles. The Morgan fingerprint density at radius 1 is 1.11 bits per heavy atom. The van der Waals surface area contributed by atoms with Gasteiger partial charge in [-0.15, -0.1) is 0 Å². The second-order valence-corrected chi connectivity index (χ2v) is 7.05. The van der Waals surface area contributed by atoms with Crippen molar-refractivity contribution in [3.63, 3.8) is 0 Å². The summed E-state index contributed by atoms with van der Waals surface area (Å²) < 4.78 is 7.99. The lowest BCUT2D eigenvalue weighted by Crippen LogP contribution is -2.20. The first-order chi connectivity index (χ1) is 13.2. The highest BCUT2D eigenvalue weighted by Crippen LogP contribution is 2.24. The fraction of sp³-hybridized carbons (Fsp3) is 0.273. The van der Waals surface area contributed by atoms with Crippen LogP contribution in [-0.4, -0.2) is 34.0 Å². The third-order valence-corrected chi connectivity index (χ3v) is 4.95. The second kappa shape index (κ2) is 7.66. The summed E-state index contributed by atoms with van der Waals surface area (Å²) in [5.41, 5.74) is 2.19. The van der Waals surface area contributed by atoms with E-state index in [4.69, 9.17) is 4.74 Å². The van der Waals surface area contributed by atoms with E-state index in [1.807, 2.05) is 61.9 Å². The molecule has 0 spiro atoms. The van der Waals surface area contributed by atoms with Crippen molar-refractivity contribution >= 4 is 5.91 Å². The normalized spacial score (nSPS) is 16.7. The number of hydrogen-bond donors (Lipinski definition) is 0. The predicted octanol–water partition coefficient (Wildman–Crippen LogP) is 3.61. The number of aromatic nitrogens is 2. The van der Waals surface area contributed by atoms with Gasteiger partial charge in [0.2, 0.25) is 5.91 Å². The first kappa shape index (κ1) is 17.3. The van der Waals surface area contributed by atoms with Crippen LogP contribution >= 0.6 is 0 Å². The van der Waals surface area contributed by atoms with Gasteiger partial charge in [-0.05, 0) is 29.8 Å². The molecule has 4 rings (SSSR count). The predicted molar refractivity (Wildman–Crippen MR) is 104 cm³/mol. The molecule has 0 bridgehead atoms. The molecule has 2 heterocycles. The Morgan fingerprint density at radius 3 is 2.59 bits per heavy atom. The van der Waals surface area contributed by atoms with E-state index in [9.17, 15) is 4.79 Å². The van der Waals surface area contributed by atoms with E-state index in [1.54, 1.807) is 4.90 Å². The number of likely N-dealkylation sites (tertiary alicyclic amines) is 1. The smallest absolute Gasteiger partial charge is 0.222 e. The van der Waals surface area contributed by atoms with Gasteiger partial charge < -0.3 is 14.2 Å². The van der Waals surface area contributed by atoms with Crippen LogP contribution in [0.3, 0.4) is 0 Å². The molecular weight excluding hydrogens is 338 g/mol. The molecule has 138 valence electrons. The lowest BCUT2D eigenvalue weighted by molar-refractivity contribution is -0.126. The van der Waals surface area contributed by atoms with E-state index >= 15 is 0 Å². The summed E-state index contributed by atoms with van der Waals surface area (Å²) in [5.74, 6) is 2.32. The van der Waals surface area contributed by atoms with Crippen molar-refractivity contribution in [1.82, 2.24) is 14.5 Å². The van der Waals surface area contributed by atoms with Gasteiger partial charge in [0, 0.05) is 50.4 Å². The third kappa shape index (κ3) is 4.03. The number of rotatable bonds is 6.